The Hall–Kier alpha value is -1.61. The van der Waals surface area contributed by atoms with Crippen LogP contribution >= 0.6 is 0 Å². The zero-order chi connectivity index (χ0) is 12.8. The highest BCUT2D eigenvalue weighted by Crippen LogP contribution is 2.17. The zero-order valence-electron chi connectivity index (χ0n) is 10.7. The average Bonchev–Trinajstić information content (AvgIpc) is 2.88. The van der Waals surface area contributed by atoms with Gasteiger partial charge in [0.1, 0.15) is 0 Å². The predicted molar refractivity (Wildman–Crippen MR) is 72.0 cm³/mol. The minimum atomic E-state index is -0.0791. The Labute approximate surface area is 108 Å². The number of carbonyl (C=O) groups is 1. The van der Waals surface area contributed by atoms with E-state index in [9.17, 15) is 4.79 Å². The van der Waals surface area contributed by atoms with Crippen molar-refractivity contribution >= 4 is 12.0 Å². The van der Waals surface area contributed by atoms with Gasteiger partial charge in [-0.05, 0) is 18.5 Å². The lowest BCUT2D eigenvalue weighted by atomic mass is 10.1. The van der Waals surface area contributed by atoms with Gasteiger partial charge in [-0.3, -0.25) is 9.69 Å². The van der Waals surface area contributed by atoms with E-state index in [1.807, 2.05) is 18.2 Å². The molecular formula is C15H19NO2. The van der Waals surface area contributed by atoms with Crippen LogP contribution in [-0.4, -0.2) is 37.6 Å². The van der Waals surface area contributed by atoms with Crippen LogP contribution in [0.3, 0.4) is 0 Å². The van der Waals surface area contributed by atoms with Crippen molar-refractivity contribution in [2.75, 3.05) is 26.7 Å². The summed E-state index contributed by atoms with van der Waals surface area (Å²) in [5, 5.41) is 0. The topological polar surface area (TPSA) is 29.5 Å². The normalized spacial score (nSPS) is 20.4. The summed E-state index contributed by atoms with van der Waals surface area (Å²) in [5.74, 6) is -0.0235. The number of hydrogen-bond donors (Lipinski definition) is 0. The Balaban J connectivity index is 1.79. The zero-order valence-corrected chi connectivity index (χ0v) is 10.7. The van der Waals surface area contributed by atoms with Crippen molar-refractivity contribution in [3.05, 3.63) is 42.0 Å². The van der Waals surface area contributed by atoms with E-state index in [2.05, 4.69) is 29.2 Å². The van der Waals surface area contributed by atoms with Crippen LogP contribution in [0.5, 0.6) is 0 Å². The summed E-state index contributed by atoms with van der Waals surface area (Å²) >= 11 is 0. The van der Waals surface area contributed by atoms with Crippen LogP contribution < -0.4 is 0 Å². The van der Waals surface area contributed by atoms with Crippen molar-refractivity contribution in [1.29, 1.82) is 0 Å². The lowest BCUT2D eigenvalue weighted by Crippen LogP contribution is -2.24. The quantitative estimate of drug-likeness (QED) is 0.762. The summed E-state index contributed by atoms with van der Waals surface area (Å²) in [6.07, 6.45) is 5.17. The van der Waals surface area contributed by atoms with Crippen LogP contribution in [-0.2, 0) is 9.53 Å². The molecule has 18 heavy (non-hydrogen) atoms. The Morgan fingerprint density at radius 1 is 1.44 bits per heavy atom. The van der Waals surface area contributed by atoms with Gasteiger partial charge in [0, 0.05) is 13.1 Å². The first kappa shape index (κ1) is 12.8. The van der Waals surface area contributed by atoms with E-state index in [1.165, 1.54) is 12.7 Å². The van der Waals surface area contributed by atoms with Crippen LogP contribution in [0.1, 0.15) is 12.0 Å². The van der Waals surface area contributed by atoms with E-state index in [0.717, 1.165) is 26.1 Å². The molecule has 0 N–H and O–H groups in total. The maximum absolute atomic E-state index is 11.4. The van der Waals surface area contributed by atoms with E-state index in [-0.39, 0.29) is 11.9 Å². The van der Waals surface area contributed by atoms with E-state index in [0.29, 0.717) is 0 Å². The van der Waals surface area contributed by atoms with E-state index in [1.54, 1.807) is 0 Å². The molecular weight excluding hydrogens is 226 g/mol. The summed E-state index contributed by atoms with van der Waals surface area (Å²) in [4.78, 5) is 13.7. The molecule has 0 spiro atoms. The summed E-state index contributed by atoms with van der Waals surface area (Å²) in [5.41, 5.74) is 1.21. The third kappa shape index (κ3) is 3.44. The number of likely N-dealkylation sites (tertiary alicyclic amines) is 1. The summed E-state index contributed by atoms with van der Waals surface area (Å²) in [6, 6.07) is 10.2. The van der Waals surface area contributed by atoms with E-state index >= 15 is 0 Å². The van der Waals surface area contributed by atoms with Crippen molar-refractivity contribution in [3.8, 4) is 0 Å². The van der Waals surface area contributed by atoms with Gasteiger partial charge < -0.3 is 4.74 Å². The number of ether oxygens (including phenoxy) is 1. The smallest absolute Gasteiger partial charge is 0.310 e. The van der Waals surface area contributed by atoms with Gasteiger partial charge in [-0.2, -0.15) is 0 Å². The average molecular weight is 245 g/mol. The SMILES string of the molecule is COC(=O)C1CCN(CC=Cc2ccccc2)C1. The Morgan fingerprint density at radius 2 is 2.22 bits per heavy atom. The van der Waals surface area contributed by atoms with E-state index < -0.39 is 0 Å². The van der Waals surface area contributed by atoms with Crippen molar-refractivity contribution in [3.63, 3.8) is 0 Å². The third-order valence-electron chi connectivity index (χ3n) is 3.28. The van der Waals surface area contributed by atoms with Gasteiger partial charge in [0.2, 0.25) is 0 Å². The fourth-order valence-corrected chi connectivity index (χ4v) is 2.26. The first-order valence-corrected chi connectivity index (χ1v) is 6.31. The molecule has 96 valence electrons. The number of rotatable bonds is 4. The molecule has 3 heteroatoms. The summed E-state index contributed by atoms with van der Waals surface area (Å²) in [6.45, 7) is 2.67. The van der Waals surface area contributed by atoms with Gasteiger partial charge >= 0.3 is 5.97 Å². The fourth-order valence-electron chi connectivity index (χ4n) is 2.26. The molecule has 1 heterocycles. The molecule has 1 fully saturated rings. The lowest BCUT2D eigenvalue weighted by molar-refractivity contribution is -0.144. The highest BCUT2D eigenvalue weighted by atomic mass is 16.5. The number of nitrogens with zero attached hydrogens (tertiary/aromatic N) is 1. The molecule has 0 aliphatic carbocycles. The summed E-state index contributed by atoms with van der Waals surface area (Å²) in [7, 11) is 1.46. The van der Waals surface area contributed by atoms with Gasteiger partial charge in [0.25, 0.3) is 0 Å². The molecule has 1 saturated heterocycles. The van der Waals surface area contributed by atoms with Gasteiger partial charge in [-0.25, -0.2) is 0 Å². The molecule has 0 amide bonds. The van der Waals surface area contributed by atoms with Gasteiger partial charge in [0.05, 0.1) is 13.0 Å². The first-order chi connectivity index (χ1) is 8.79. The number of hydrogen-bond acceptors (Lipinski definition) is 3. The van der Waals surface area contributed by atoms with Crippen molar-refractivity contribution in [1.82, 2.24) is 4.90 Å². The Kier molecular flexibility index (Phi) is 4.53. The molecule has 1 atom stereocenters. The van der Waals surface area contributed by atoms with Crippen LogP contribution in [0, 0.1) is 5.92 Å². The van der Waals surface area contributed by atoms with Crippen LogP contribution in [0.15, 0.2) is 36.4 Å². The largest absolute Gasteiger partial charge is 0.469 e. The number of esters is 1. The molecule has 0 saturated carbocycles. The van der Waals surface area contributed by atoms with Crippen LogP contribution in [0.4, 0.5) is 0 Å². The minimum Gasteiger partial charge on any atom is -0.469 e. The van der Waals surface area contributed by atoms with Gasteiger partial charge in [0.15, 0.2) is 0 Å². The highest BCUT2D eigenvalue weighted by molar-refractivity contribution is 5.72. The number of methoxy groups -OCH3 is 1. The van der Waals surface area contributed by atoms with Crippen LogP contribution in [0.25, 0.3) is 6.08 Å². The van der Waals surface area contributed by atoms with Crippen molar-refractivity contribution in [2.24, 2.45) is 5.92 Å². The fraction of sp³-hybridized carbons (Fsp3) is 0.400. The lowest BCUT2D eigenvalue weighted by Gasteiger charge is -2.12. The first-order valence-electron chi connectivity index (χ1n) is 6.31. The standard InChI is InChI=1S/C15H19NO2/c1-18-15(17)14-9-11-16(12-14)10-5-8-13-6-3-2-4-7-13/h2-8,14H,9-12H2,1H3. The maximum Gasteiger partial charge on any atom is 0.310 e. The summed E-state index contributed by atoms with van der Waals surface area (Å²) < 4.78 is 4.77. The molecule has 1 aliphatic rings. The Bertz CT molecular complexity index is 414. The van der Waals surface area contributed by atoms with Gasteiger partial charge in [-0.1, -0.05) is 42.5 Å². The molecule has 1 aliphatic heterocycles. The van der Waals surface area contributed by atoms with Crippen molar-refractivity contribution in [2.45, 2.75) is 6.42 Å². The highest BCUT2D eigenvalue weighted by Gasteiger charge is 2.27. The maximum atomic E-state index is 11.4. The minimum absolute atomic E-state index is 0.0557. The van der Waals surface area contributed by atoms with E-state index in [4.69, 9.17) is 4.74 Å². The molecule has 0 radical (unpaired) electrons. The number of carbonyl (C=O) groups excluding carboxylic acids is 1. The van der Waals surface area contributed by atoms with Gasteiger partial charge in [-0.15, -0.1) is 0 Å². The molecule has 0 aromatic heterocycles. The number of benzene rings is 1. The molecule has 1 aromatic rings. The molecule has 1 unspecified atom stereocenters. The molecule has 2 rings (SSSR count). The predicted octanol–water partition coefficient (Wildman–Crippen LogP) is 2.19. The Morgan fingerprint density at radius 3 is 2.94 bits per heavy atom. The molecule has 0 bridgehead atoms. The second-order valence-corrected chi connectivity index (χ2v) is 4.58. The molecule has 1 aromatic carbocycles. The molecule has 3 nitrogen and oxygen atoms in total. The van der Waals surface area contributed by atoms with Crippen LogP contribution in [0.2, 0.25) is 0 Å². The monoisotopic (exact) mass is 245 g/mol. The van der Waals surface area contributed by atoms with Crippen molar-refractivity contribution < 1.29 is 9.53 Å². The second-order valence-electron chi connectivity index (χ2n) is 4.58. The third-order valence-corrected chi connectivity index (χ3v) is 3.28. The second kappa shape index (κ2) is 6.36.